The van der Waals surface area contributed by atoms with Gasteiger partial charge in [0.1, 0.15) is 12.2 Å². The van der Waals surface area contributed by atoms with Gasteiger partial charge in [0, 0.05) is 12.5 Å². The van der Waals surface area contributed by atoms with E-state index in [1.54, 1.807) is 0 Å². The summed E-state index contributed by atoms with van der Waals surface area (Å²) in [6, 6.07) is 0. The molecule has 0 aliphatic rings. The predicted molar refractivity (Wildman–Crippen MR) is 52.9 cm³/mol. The minimum absolute atomic E-state index is 0.259. The first-order valence-electron chi connectivity index (χ1n) is 4.85. The Hall–Kier alpha value is -1.92. The van der Waals surface area contributed by atoms with E-state index in [2.05, 4.69) is 10.1 Å². The van der Waals surface area contributed by atoms with Gasteiger partial charge in [0.25, 0.3) is 0 Å². The smallest absolute Gasteiger partial charge is 0.304 e. The minimum atomic E-state index is -1.04. The maximum atomic E-state index is 10.6. The van der Waals surface area contributed by atoms with Crippen molar-refractivity contribution < 1.29 is 19.8 Å². The highest BCUT2D eigenvalue weighted by Gasteiger charge is 2.23. The van der Waals surface area contributed by atoms with E-state index in [9.17, 15) is 9.59 Å². The fourth-order valence-electron chi connectivity index (χ4n) is 1.51. The predicted octanol–water partition coefficient (Wildman–Crippen LogP) is 0.331. The SMILES string of the molecule is CCn1ncnc1C(CC(=O)O)CC(=O)O. The van der Waals surface area contributed by atoms with Crippen molar-refractivity contribution in [3.63, 3.8) is 0 Å². The van der Waals surface area contributed by atoms with Crippen LogP contribution in [-0.4, -0.2) is 36.9 Å². The van der Waals surface area contributed by atoms with Crippen LogP contribution in [0.25, 0.3) is 0 Å². The zero-order valence-electron chi connectivity index (χ0n) is 8.83. The molecule has 0 radical (unpaired) electrons. The van der Waals surface area contributed by atoms with Gasteiger partial charge in [-0.3, -0.25) is 14.3 Å². The normalized spacial score (nSPS) is 10.6. The summed E-state index contributed by atoms with van der Waals surface area (Å²) < 4.78 is 1.51. The highest BCUT2D eigenvalue weighted by atomic mass is 16.4. The number of aryl methyl sites for hydroxylation is 1. The molecule has 0 saturated carbocycles. The fourth-order valence-corrected chi connectivity index (χ4v) is 1.51. The third-order valence-corrected chi connectivity index (χ3v) is 2.15. The number of aromatic nitrogens is 3. The molecule has 0 aliphatic carbocycles. The second kappa shape index (κ2) is 5.24. The monoisotopic (exact) mass is 227 g/mol. The van der Waals surface area contributed by atoms with Gasteiger partial charge >= 0.3 is 11.9 Å². The Bertz CT molecular complexity index is 372. The van der Waals surface area contributed by atoms with Gasteiger partial charge in [-0.25, -0.2) is 4.98 Å². The third kappa shape index (κ3) is 3.04. The maximum absolute atomic E-state index is 10.6. The van der Waals surface area contributed by atoms with Crippen LogP contribution in [0.3, 0.4) is 0 Å². The van der Waals surface area contributed by atoms with Crippen molar-refractivity contribution in [2.75, 3.05) is 0 Å². The average Bonchev–Trinajstić information content (AvgIpc) is 2.62. The van der Waals surface area contributed by atoms with Crippen molar-refractivity contribution in [3.8, 4) is 0 Å². The van der Waals surface area contributed by atoms with Crippen molar-refractivity contribution in [2.24, 2.45) is 0 Å². The Morgan fingerprint density at radius 3 is 2.38 bits per heavy atom. The molecule has 16 heavy (non-hydrogen) atoms. The summed E-state index contributed by atoms with van der Waals surface area (Å²) >= 11 is 0. The van der Waals surface area contributed by atoms with Crippen LogP contribution in [-0.2, 0) is 16.1 Å². The molecule has 1 rings (SSSR count). The van der Waals surface area contributed by atoms with E-state index in [1.807, 2.05) is 6.92 Å². The number of aliphatic carboxylic acids is 2. The first kappa shape index (κ1) is 12.2. The Labute approximate surface area is 91.7 Å². The molecule has 2 N–H and O–H groups in total. The topological polar surface area (TPSA) is 105 Å². The van der Waals surface area contributed by atoms with Gasteiger partial charge in [-0.15, -0.1) is 0 Å². The van der Waals surface area contributed by atoms with Crippen molar-refractivity contribution in [3.05, 3.63) is 12.2 Å². The summed E-state index contributed by atoms with van der Waals surface area (Å²) in [4.78, 5) is 25.2. The van der Waals surface area contributed by atoms with E-state index in [-0.39, 0.29) is 12.8 Å². The zero-order valence-corrected chi connectivity index (χ0v) is 8.83. The van der Waals surface area contributed by atoms with Crippen LogP contribution in [0.5, 0.6) is 0 Å². The van der Waals surface area contributed by atoms with Crippen molar-refractivity contribution in [1.29, 1.82) is 0 Å². The molecule has 0 amide bonds. The van der Waals surface area contributed by atoms with Crippen LogP contribution in [0.4, 0.5) is 0 Å². The van der Waals surface area contributed by atoms with Crippen LogP contribution in [0.15, 0.2) is 6.33 Å². The molecule has 0 bridgehead atoms. The van der Waals surface area contributed by atoms with E-state index in [0.29, 0.717) is 12.4 Å². The third-order valence-electron chi connectivity index (χ3n) is 2.15. The molecule has 0 atom stereocenters. The molecular formula is C9H13N3O4. The molecule has 7 nitrogen and oxygen atoms in total. The maximum Gasteiger partial charge on any atom is 0.304 e. The van der Waals surface area contributed by atoms with E-state index < -0.39 is 17.9 Å². The van der Waals surface area contributed by atoms with Gasteiger partial charge in [0.15, 0.2) is 0 Å². The van der Waals surface area contributed by atoms with Gasteiger partial charge < -0.3 is 10.2 Å². The number of hydrogen-bond acceptors (Lipinski definition) is 4. The van der Waals surface area contributed by atoms with E-state index >= 15 is 0 Å². The second-order valence-electron chi connectivity index (χ2n) is 3.33. The fraction of sp³-hybridized carbons (Fsp3) is 0.556. The Morgan fingerprint density at radius 2 is 1.94 bits per heavy atom. The number of rotatable bonds is 6. The first-order chi connectivity index (χ1) is 7.54. The molecule has 0 aliphatic heterocycles. The molecule has 1 aromatic heterocycles. The van der Waals surface area contributed by atoms with Gasteiger partial charge in [-0.1, -0.05) is 0 Å². The molecule has 88 valence electrons. The Morgan fingerprint density at radius 1 is 1.38 bits per heavy atom. The molecule has 1 aromatic rings. The molecule has 7 heteroatoms. The molecule has 1 heterocycles. The van der Waals surface area contributed by atoms with Gasteiger partial charge in [-0.05, 0) is 6.92 Å². The second-order valence-corrected chi connectivity index (χ2v) is 3.33. The highest BCUT2D eigenvalue weighted by molar-refractivity contribution is 5.72. The van der Waals surface area contributed by atoms with Crippen molar-refractivity contribution in [2.45, 2.75) is 32.2 Å². The van der Waals surface area contributed by atoms with Crippen LogP contribution in [0.1, 0.15) is 31.5 Å². The molecule has 0 fully saturated rings. The highest BCUT2D eigenvalue weighted by Crippen LogP contribution is 2.21. The molecule has 0 saturated heterocycles. The van der Waals surface area contributed by atoms with E-state index in [1.165, 1.54) is 11.0 Å². The summed E-state index contributed by atoms with van der Waals surface area (Å²) in [5.74, 6) is -2.32. The lowest BCUT2D eigenvalue weighted by atomic mass is 10.0. The lowest BCUT2D eigenvalue weighted by Gasteiger charge is -2.12. The summed E-state index contributed by atoms with van der Waals surface area (Å²) in [7, 11) is 0. The standard InChI is InChI=1S/C9H13N3O4/c1-2-12-9(10-5-11-12)6(3-7(13)14)4-8(15)16/h5-6H,2-4H2,1H3,(H,13,14)(H,15,16). The zero-order chi connectivity index (χ0) is 12.1. The number of nitrogens with zero attached hydrogens (tertiary/aromatic N) is 3. The molecule has 0 aromatic carbocycles. The lowest BCUT2D eigenvalue weighted by Crippen LogP contribution is -2.16. The van der Waals surface area contributed by atoms with E-state index in [4.69, 9.17) is 10.2 Å². The molecule has 0 spiro atoms. The summed E-state index contributed by atoms with van der Waals surface area (Å²) in [6.45, 7) is 2.36. The first-order valence-corrected chi connectivity index (χ1v) is 4.85. The van der Waals surface area contributed by atoms with Crippen LogP contribution < -0.4 is 0 Å². The van der Waals surface area contributed by atoms with E-state index in [0.717, 1.165) is 0 Å². The molecular weight excluding hydrogens is 214 g/mol. The van der Waals surface area contributed by atoms with Gasteiger partial charge in [0.05, 0.1) is 12.8 Å². The van der Waals surface area contributed by atoms with Crippen LogP contribution >= 0.6 is 0 Å². The van der Waals surface area contributed by atoms with Crippen molar-refractivity contribution >= 4 is 11.9 Å². The summed E-state index contributed by atoms with van der Waals surface area (Å²) in [5, 5.41) is 21.3. The summed E-state index contributed by atoms with van der Waals surface area (Å²) in [6.07, 6.45) is 0.783. The van der Waals surface area contributed by atoms with Gasteiger partial charge in [0.2, 0.25) is 0 Å². The average molecular weight is 227 g/mol. The number of carboxylic acids is 2. The number of carboxylic acid groups (broad SMARTS) is 2. The Balaban J connectivity index is 2.90. The molecule has 0 unspecified atom stereocenters. The number of hydrogen-bond donors (Lipinski definition) is 2. The lowest BCUT2D eigenvalue weighted by molar-refractivity contribution is -0.139. The quantitative estimate of drug-likeness (QED) is 0.725. The van der Waals surface area contributed by atoms with Crippen molar-refractivity contribution in [1.82, 2.24) is 14.8 Å². The minimum Gasteiger partial charge on any atom is -0.481 e. The Kier molecular flexibility index (Phi) is 3.98. The van der Waals surface area contributed by atoms with Gasteiger partial charge in [-0.2, -0.15) is 5.10 Å². The summed E-state index contributed by atoms with van der Waals surface area (Å²) in [5.41, 5.74) is 0. The van der Waals surface area contributed by atoms with Crippen LogP contribution in [0.2, 0.25) is 0 Å². The largest absolute Gasteiger partial charge is 0.481 e. The number of carbonyl (C=O) groups is 2. The van der Waals surface area contributed by atoms with Crippen LogP contribution in [0, 0.1) is 0 Å².